The monoisotopic (exact) mass is 806 g/mol. The molecule has 0 spiro atoms. The summed E-state index contributed by atoms with van der Waals surface area (Å²) in [5.74, 6) is 0.971. The predicted octanol–water partition coefficient (Wildman–Crippen LogP) is 7.36. The normalized spacial score (nSPS) is 13.6. The average molecular weight is 807 g/mol. The SMILES string of the molecule is Cc1cc(C)c(CNC(=O)c2cc(NCCCCNC(=O)C[C@@H]3N=C(c4ccc(Cl)cc4)c4c(sc(C)c4C)-n4c(C)nnc43)cc3c2cnn3C(C)C)c(=O)[nH]1. The van der Waals surface area contributed by atoms with Gasteiger partial charge < -0.3 is 20.9 Å². The number of H-pyrrole nitrogens is 1. The Bertz CT molecular complexity index is 2580. The number of benzene rings is 2. The first-order chi connectivity index (χ1) is 27.3. The summed E-state index contributed by atoms with van der Waals surface area (Å²) in [7, 11) is 0. The zero-order valence-corrected chi connectivity index (χ0v) is 34.8. The fraction of sp³-hybridized carbons (Fsp3) is 0.357. The molecule has 296 valence electrons. The Balaban J connectivity index is 0.998. The van der Waals surface area contributed by atoms with Crippen LogP contribution in [0.4, 0.5) is 5.69 Å². The molecule has 6 aromatic rings. The molecule has 0 unspecified atom stereocenters. The second kappa shape index (κ2) is 16.5. The van der Waals surface area contributed by atoms with Crippen LogP contribution in [0.2, 0.25) is 5.02 Å². The van der Waals surface area contributed by atoms with Crippen LogP contribution in [0.15, 0.2) is 58.4 Å². The van der Waals surface area contributed by atoms with E-state index in [0.717, 1.165) is 73.9 Å². The molecular formula is C42H47ClN10O3S. The molecule has 1 aliphatic heterocycles. The lowest BCUT2D eigenvalue weighted by Gasteiger charge is -2.14. The molecule has 1 atom stereocenters. The Morgan fingerprint density at radius 3 is 2.47 bits per heavy atom. The summed E-state index contributed by atoms with van der Waals surface area (Å²) >= 11 is 7.92. The van der Waals surface area contributed by atoms with Crippen LogP contribution in [0.1, 0.15) is 106 Å². The minimum atomic E-state index is -0.542. The number of hydrogen-bond donors (Lipinski definition) is 4. The van der Waals surface area contributed by atoms with Crippen molar-refractivity contribution in [3.8, 4) is 5.00 Å². The highest BCUT2D eigenvalue weighted by molar-refractivity contribution is 7.15. The number of halogens is 1. The van der Waals surface area contributed by atoms with Crippen molar-refractivity contribution in [3.05, 3.63) is 120 Å². The van der Waals surface area contributed by atoms with Gasteiger partial charge in [-0.15, -0.1) is 21.5 Å². The molecule has 0 aliphatic carbocycles. The first kappa shape index (κ1) is 39.6. The molecule has 0 radical (unpaired) electrons. The van der Waals surface area contributed by atoms with Gasteiger partial charge in [0.2, 0.25) is 5.91 Å². The van der Waals surface area contributed by atoms with Crippen molar-refractivity contribution < 1.29 is 9.59 Å². The number of fused-ring (bicyclic) bond motifs is 4. The number of rotatable bonds is 13. The van der Waals surface area contributed by atoms with E-state index in [1.54, 1.807) is 17.5 Å². The molecule has 4 aromatic heterocycles. The van der Waals surface area contributed by atoms with E-state index in [0.29, 0.717) is 35.1 Å². The Labute approximate surface area is 340 Å². The largest absolute Gasteiger partial charge is 0.385 e. The summed E-state index contributed by atoms with van der Waals surface area (Å²) in [5.41, 5.74) is 7.89. The van der Waals surface area contributed by atoms with Gasteiger partial charge in [0.15, 0.2) is 5.82 Å². The van der Waals surface area contributed by atoms with Crippen molar-refractivity contribution in [1.29, 1.82) is 0 Å². The number of nitrogens with one attached hydrogen (secondary N) is 4. The number of aromatic nitrogens is 6. The summed E-state index contributed by atoms with van der Waals surface area (Å²) in [5, 5.41) is 25.4. The van der Waals surface area contributed by atoms with Gasteiger partial charge in [-0.25, -0.2) is 0 Å². The van der Waals surface area contributed by atoms with Crippen LogP contribution in [-0.4, -0.2) is 60.1 Å². The first-order valence-corrected chi connectivity index (χ1v) is 20.4. The van der Waals surface area contributed by atoms with Gasteiger partial charge in [-0.2, -0.15) is 5.10 Å². The summed E-state index contributed by atoms with van der Waals surface area (Å²) < 4.78 is 3.94. The number of aryl methyl sites for hydroxylation is 4. The van der Waals surface area contributed by atoms with Crippen LogP contribution in [0.3, 0.4) is 0 Å². The Kier molecular flexibility index (Phi) is 11.5. The molecule has 7 rings (SSSR count). The van der Waals surface area contributed by atoms with Gasteiger partial charge in [-0.3, -0.25) is 28.6 Å². The highest BCUT2D eigenvalue weighted by Gasteiger charge is 2.32. The number of aromatic amines is 1. The number of carbonyl (C=O) groups is 2. The molecule has 5 heterocycles. The van der Waals surface area contributed by atoms with Crippen LogP contribution in [0.5, 0.6) is 0 Å². The number of thiophene rings is 1. The molecule has 1 aliphatic rings. The summed E-state index contributed by atoms with van der Waals surface area (Å²) in [4.78, 5) is 48.8. The number of anilines is 1. The maximum absolute atomic E-state index is 13.6. The second-order valence-corrected chi connectivity index (χ2v) is 16.5. The van der Waals surface area contributed by atoms with Gasteiger partial charge in [0.1, 0.15) is 16.9 Å². The number of nitrogens with zero attached hydrogens (tertiary/aromatic N) is 6. The van der Waals surface area contributed by atoms with Gasteiger partial charge in [-0.05, 0) is 103 Å². The van der Waals surface area contributed by atoms with E-state index >= 15 is 0 Å². The molecule has 0 saturated heterocycles. The lowest BCUT2D eigenvalue weighted by atomic mass is 9.99. The van der Waals surface area contributed by atoms with Gasteiger partial charge in [0.25, 0.3) is 11.5 Å². The minimum Gasteiger partial charge on any atom is -0.385 e. The number of hydrogen-bond acceptors (Lipinski definition) is 9. The maximum Gasteiger partial charge on any atom is 0.253 e. The van der Waals surface area contributed by atoms with Crippen LogP contribution in [-0.2, 0) is 11.3 Å². The van der Waals surface area contributed by atoms with E-state index in [9.17, 15) is 14.4 Å². The highest BCUT2D eigenvalue weighted by atomic mass is 35.5. The molecular weight excluding hydrogens is 760 g/mol. The van der Waals surface area contributed by atoms with Gasteiger partial charge >= 0.3 is 0 Å². The van der Waals surface area contributed by atoms with Crippen molar-refractivity contribution in [1.82, 2.24) is 40.2 Å². The third-order valence-corrected chi connectivity index (χ3v) is 11.8. The van der Waals surface area contributed by atoms with E-state index in [2.05, 4.69) is 50.1 Å². The topological polar surface area (TPSA) is 164 Å². The molecule has 0 bridgehead atoms. The van der Waals surface area contributed by atoms with Crippen LogP contribution < -0.4 is 21.5 Å². The number of unbranched alkanes of at least 4 members (excludes halogenated alkanes) is 1. The van der Waals surface area contributed by atoms with E-state index in [-0.39, 0.29) is 36.4 Å². The molecule has 4 N–H and O–H groups in total. The third kappa shape index (κ3) is 8.14. The molecule has 0 saturated carbocycles. The van der Waals surface area contributed by atoms with Crippen molar-refractivity contribution in [3.63, 3.8) is 0 Å². The van der Waals surface area contributed by atoms with Crippen LogP contribution >= 0.6 is 22.9 Å². The van der Waals surface area contributed by atoms with Crippen LogP contribution in [0, 0.1) is 34.6 Å². The smallest absolute Gasteiger partial charge is 0.253 e. The lowest BCUT2D eigenvalue weighted by Crippen LogP contribution is -2.28. The number of carbonyl (C=O) groups excluding carboxylic acids is 2. The second-order valence-electron chi connectivity index (χ2n) is 14.9. The van der Waals surface area contributed by atoms with E-state index in [4.69, 9.17) is 16.6 Å². The van der Waals surface area contributed by atoms with E-state index in [1.165, 1.54) is 4.88 Å². The molecule has 2 amide bonds. The van der Waals surface area contributed by atoms with Gasteiger partial charge in [0.05, 0.1) is 29.4 Å². The maximum atomic E-state index is 13.6. The van der Waals surface area contributed by atoms with E-state index < -0.39 is 6.04 Å². The highest BCUT2D eigenvalue weighted by Crippen LogP contribution is 2.39. The zero-order chi connectivity index (χ0) is 40.5. The quantitative estimate of drug-likeness (QED) is 0.0886. The predicted molar refractivity (Wildman–Crippen MR) is 226 cm³/mol. The van der Waals surface area contributed by atoms with Crippen molar-refractivity contribution in [2.75, 3.05) is 18.4 Å². The molecule has 15 heteroatoms. The van der Waals surface area contributed by atoms with Gasteiger partial charge in [-0.1, -0.05) is 23.7 Å². The molecule has 2 aromatic carbocycles. The number of pyridine rings is 1. The Hall–Kier alpha value is -5.60. The number of aliphatic imine (C=N–C) groups is 1. The van der Waals surface area contributed by atoms with Crippen molar-refractivity contribution in [2.24, 2.45) is 4.99 Å². The van der Waals surface area contributed by atoms with Crippen molar-refractivity contribution >= 4 is 57.1 Å². The molecule has 0 fully saturated rings. The first-order valence-electron chi connectivity index (χ1n) is 19.2. The lowest BCUT2D eigenvalue weighted by molar-refractivity contribution is -0.121. The van der Waals surface area contributed by atoms with E-state index in [1.807, 2.05) is 86.3 Å². The molecule has 13 nitrogen and oxygen atoms in total. The summed E-state index contributed by atoms with van der Waals surface area (Å²) in [6.07, 6.45) is 3.34. The minimum absolute atomic E-state index is 0.0836. The van der Waals surface area contributed by atoms with Crippen LogP contribution in [0.25, 0.3) is 15.9 Å². The van der Waals surface area contributed by atoms with Gasteiger partial charge in [0, 0.05) is 69.0 Å². The molecule has 57 heavy (non-hydrogen) atoms. The Morgan fingerprint density at radius 1 is 0.982 bits per heavy atom. The fourth-order valence-corrected chi connectivity index (χ4v) is 8.64. The third-order valence-electron chi connectivity index (χ3n) is 10.4. The summed E-state index contributed by atoms with van der Waals surface area (Å²) in [6, 6.07) is 12.9. The standard InChI is InChI=1S/C42H47ClN10O3S/c1-22(2)53-35-18-30(17-31(33(35)21-47-53)40(55)46-20-32-23(3)16-24(4)48-41(32)56)44-14-8-9-15-45-36(54)19-34-39-51-50-27(7)52(39)42-37(25(5)26(6)57-42)38(49-34)28-10-12-29(43)13-11-28/h10-13,16-18,21-22,34,44H,8-9,14-15,19-20H2,1-7H3,(H,45,54)(H,46,55)(H,48,56)/t34-/m0/s1. The number of amides is 2. The van der Waals surface area contributed by atoms with Crippen molar-refractivity contribution in [2.45, 2.75) is 86.4 Å². The Morgan fingerprint density at radius 2 is 1.74 bits per heavy atom. The summed E-state index contributed by atoms with van der Waals surface area (Å²) in [6.45, 7) is 15.1. The fourth-order valence-electron chi connectivity index (χ4n) is 7.30. The zero-order valence-electron chi connectivity index (χ0n) is 33.2. The average Bonchev–Trinajstić information content (AvgIpc) is 3.83.